The number of rotatable bonds is 1. The maximum Gasteiger partial charge on any atom is 0.433 e. The maximum absolute atomic E-state index is 14.1. The number of urea groups is 1. The summed E-state index contributed by atoms with van der Waals surface area (Å²) in [4.78, 5) is 17.8. The fourth-order valence-corrected chi connectivity index (χ4v) is 4.32. The topological polar surface area (TPSA) is 45.2 Å². The van der Waals surface area contributed by atoms with Gasteiger partial charge in [0.05, 0.1) is 21.8 Å². The molecule has 3 heterocycles. The van der Waals surface area contributed by atoms with E-state index in [9.17, 15) is 22.4 Å². The van der Waals surface area contributed by atoms with Crippen molar-refractivity contribution in [2.45, 2.75) is 37.5 Å². The van der Waals surface area contributed by atoms with Gasteiger partial charge in [0, 0.05) is 12.2 Å². The zero-order chi connectivity index (χ0) is 20.2. The van der Waals surface area contributed by atoms with Crippen LogP contribution in [0.4, 0.5) is 28.0 Å². The predicted molar refractivity (Wildman–Crippen MR) is 96.0 cm³/mol. The van der Waals surface area contributed by atoms with Crippen LogP contribution in [-0.4, -0.2) is 22.0 Å². The third-order valence-electron chi connectivity index (χ3n) is 5.15. The lowest BCUT2D eigenvalue weighted by molar-refractivity contribution is -0.142. The minimum Gasteiger partial charge on any atom is -0.314 e. The molecule has 0 spiro atoms. The number of hydrogen-bond donors (Lipinski definition) is 1. The molecule has 148 valence electrons. The van der Waals surface area contributed by atoms with Crippen LogP contribution in [0.1, 0.15) is 35.7 Å². The Kier molecular flexibility index (Phi) is 4.66. The monoisotopic (exact) mass is 433 g/mol. The molecule has 1 aromatic heterocycles. The number of benzene rings is 1. The van der Waals surface area contributed by atoms with Crippen molar-refractivity contribution in [3.05, 3.63) is 57.1 Å². The highest BCUT2D eigenvalue weighted by atomic mass is 35.5. The second-order valence-electron chi connectivity index (χ2n) is 6.76. The Hall–Kier alpha value is -2.06. The van der Waals surface area contributed by atoms with Crippen molar-refractivity contribution >= 4 is 34.9 Å². The first-order chi connectivity index (χ1) is 13.2. The van der Waals surface area contributed by atoms with E-state index >= 15 is 0 Å². The molecular weight excluding hydrogens is 421 g/mol. The van der Waals surface area contributed by atoms with Gasteiger partial charge in [0.25, 0.3) is 0 Å². The molecule has 0 saturated carbocycles. The highest BCUT2D eigenvalue weighted by Gasteiger charge is 2.47. The van der Waals surface area contributed by atoms with Crippen molar-refractivity contribution in [3.8, 4) is 0 Å². The number of pyridine rings is 1. The molecule has 28 heavy (non-hydrogen) atoms. The first-order valence-corrected chi connectivity index (χ1v) is 9.21. The average molecular weight is 434 g/mol. The van der Waals surface area contributed by atoms with Crippen molar-refractivity contribution in [2.24, 2.45) is 0 Å². The number of alkyl halides is 3. The molecule has 2 bridgehead atoms. The van der Waals surface area contributed by atoms with Crippen LogP contribution in [0.15, 0.2) is 24.4 Å². The van der Waals surface area contributed by atoms with Gasteiger partial charge in [-0.05, 0) is 48.6 Å². The normalized spacial score (nSPS) is 20.9. The lowest BCUT2D eigenvalue weighted by Gasteiger charge is -2.37. The third-order valence-corrected chi connectivity index (χ3v) is 5.87. The molecular formula is C18H13Cl2F4N3O. The molecule has 10 heteroatoms. The van der Waals surface area contributed by atoms with Crippen LogP contribution in [0.3, 0.4) is 0 Å². The van der Waals surface area contributed by atoms with Gasteiger partial charge in [-0.25, -0.2) is 9.18 Å². The summed E-state index contributed by atoms with van der Waals surface area (Å²) < 4.78 is 53.9. The van der Waals surface area contributed by atoms with Gasteiger partial charge < -0.3 is 10.2 Å². The molecule has 0 unspecified atom stereocenters. The molecule has 2 aliphatic heterocycles. The van der Waals surface area contributed by atoms with E-state index in [2.05, 4.69) is 10.3 Å². The van der Waals surface area contributed by atoms with Crippen molar-refractivity contribution in [1.29, 1.82) is 0 Å². The van der Waals surface area contributed by atoms with Gasteiger partial charge in [-0.15, -0.1) is 0 Å². The summed E-state index contributed by atoms with van der Waals surface area (Å²) in [5, 5.41) is 2.54. The van der Waals surface area contributed by atoms with Crippen LogP contribution in [0.2, 0.25) is 10.0 Å². The number of carbonyl (C=O) groups is 1. The summed E-state index contributed by atoms with van der Waals surface area (Å²) in [6.45, 7) is 0. The number of nitrogens with zero attached hydrogens (tertiary/aromatic N) is 2. The number of hydrogen-bond acceptors (Lipinski definition) is 2. The number of carbonyl (C=O) groups excluding carboxylic acids is 1. The van der Waals surface area contributed by atoms with E-state index in [1.54, 1.807) is 0 Å². The van der Waals surface area contributed by atoms with Crippen LogP contribution in [0, 0.1) is 5.82 Å². The Labute approximate surface area is 167 Å². The number of halogens is 6. The maximum atomic E-state index is 14.1. The summed E-state index contributed by atoms with van der Waals surface area (Å²) >= 11 is 11.6. The molecule has 2 aliphatic rings. The van der Waals surface area contributed by atoms with Crippen molar-refractivity contribution in [2.75, 3.05) is 5.32 Å². The zero-order valence-corrected chi connectivity index (χ0v) is 15.7. The molecule has 1 saturated heterocycles. The van der Waals surface area contributed by atoms with E-state index in [1.165, 1.54) is 17.0 Å². The van der Waals surface area contributed by atoms with E-state index < -0.39 is 35.8 Å². The van der Waals surface area contributed by atoms with Crippen LogP contribution < -0.4 is 5.32 Å². The minimum atomic E-state index is -4.56. The summed E-state index contributed by atoms with van der Waals surface area (Å²) in [5.41, 5.74) is -0.485. The van der Waals surface area contributed by atoms with Gasteiger partial charge in [-0.1, -0.05) is 23.2 Å². The van der Waals surface area contributed by atoms with Crippen LogP contribution in [0.5, 0.6) is 0 Å². The SMILES string of the molecule is O=C(Nc1cc(Cl)c(Cl)cc1F)N1[C@H]2CC[C@@H]1c1ccnc(C(F)(F)F)c1C2. The second kappa shape index (κ2) is 6.77. The predicted octanol–water partition coefficient (Wildman–Crippen LogP) is 5.84. The average Bonchev–Trinajstić information content (AvgIpc) is 2.93. The molecule has 4 rings (SSSR count). The smallest absolute Gasteiger partial charge is 0.314 e. The molecule has 1 N–H and O–H groups in total. The molecule has 0 radical (unpaired) electrons. The summed E-state index contributed by atoms with van der Waals surface area (Å²) in [7, 11) is 0. The van der Waals surface area contributed by atoms with Gasteiger partial charge >= 0.3 is 12.2 Å². The molecule has 4 nitrogen and oxygen atoms in total. The number of nitrogens with one attached hydrogen (secondary N) is 1. The quantitative estimate of drug-likeness (QED) is 0.453. The van der Waals surface area contributed by atoms with E-state index in [0.29, 0.717) is 18.4 Å². The molecule has 2 amide bonds. The standard InChI is InChI=1S/C18H13Cl2F4N3O/c19-11-6-13(21)14(7-12(11)20)26-17(28)27-8-1-2-15(27)9-3-4-25-16(10(9)5-8)18(22,23)24/h3-4,6-8,15H,1-2,5H2,(H,26,28)/t8-,15+/m0/s1. The minimum absolute atomic E-state index is 0.0105. The molecule has 0 aliphatic carbocycles. The van der Waals surface area contributed by atoms with E-state index in [1.807, 2.05) is 0 Å². The number of fused-ring (bicyclic) bond motifs is 4. The second-order valence-corrected chi connectivity index (χ2v) is 7.57. The lowest BCUT2D eigenvalue weighted by Crippen LogP contribution is -2.45. The van der Waals surface area contributed by atoms with Gasteiger partial charge in [-0.3, -0.25) is 4.98 Å². The summed E-state index contributed by atoms with van der Waals surface area (Å²) in [5.74, 6) is -0.754. The zero-order valence-electron chi connectivity index (χ0n) is 14.2. The van der Waals surface area contributed by atoms with Gasteiger partial charge in [0.15, 0.2) is 0 Å². The summed E-state index contributed by atoms with van der Waals surface area (Å²) in [6, 6.07) is 2.15. The summed E-state index contributed by atoms with van der Waals surface area (Å²) in [6.07, 6.45) is -2.33. The number of amides is 2. The van der Waals surface area contributed by atoms with Crippen LogP contribution in [0.25, 0.3) is 0 Å². The van der Waals surface area contributed by atoms with E-state index in [-0.39, 0.29) is 27.7 Å². The van der Waals surface area contributed by atoms with Gasteiger partial charge in [-0.2, -0.15) is 13.2 Å². The third kappa shape index (κ3) is 3.18. The molecule has 1 aromatic carbocycles. The highest BCUT2D eigenvalue weighted by molar-refractivity contribution is 6.42. The Morgan fingerprint density at radius 3 is 2.64 bits per heavy atom. The Bertz CT molecular complexity index is 967. The largest absolute Gasteiger partial charge is 0.433 e. The Morgan fingerprint density at radius 1 is 1.21 bits per heavy atom. The van der Waals surface area contributed by atoms with E-state index in [4.69, 9.17) is 23.2 Å². The van der Waals surface area contributed by atoms with Crippen molar-refractivity contribution in [1.82, 2.24) is 9.88 Å². The van der Waals surface area contributed by atoms with Crippen LogP contribution >= 0.6 is 23.2 Å². The first-order valence-electron chi connectivity index (χ1n) is 8.45. The Morgan fingerprint density at radius 2 is 1.93 bits per heavy atom. The molecule has 1 fully saturated rings. The first kappa shape index (κ1) is 19.3. The fourth-order valence-electron chi connectivity index (χ4n) is 4.01. The Balaban J connectivity index is 1.65. The van der Waals surface area contributed by atoms with Gasteiger partial charge in [0.1, 0.15) is 11.5 Å². The fraction of sp³-hybridized carbons (Fsp3) is 0.333. The number of anilines is 1. The van der Waals surface area contributed by atoms with E-state index in [0.717, 1.165) is 12.3 Å². The lowest BCUT2D eigenvalue weighted by atomic mass is 9.92. The molecule has 2 atom stereocenters. The molecule has 2 aromatic rings. The van der Waals surface area contributed by atoms with Crippen molar-refractivity contribution < 1.29 is 22.4 Å². The van der Waals surface area contributed by atoms with Crippen molar-refractivity contribution in [3.63, 3.8) is 0 Å². The van der Waals surface area contributed by atoms with Crippen LogP contribution in [-0.2, 0) is 12.6 Å². The highest BCUT2D eigenvalue weighted by Crippen LogP contribution is 2.46. The van der Waals surface area contributed by atoms with Gasteiger partial charge in [0.2, 0.25) is 0 Å². The number of aromatic nitrogens is 1.